The Morgan fingerprint density at radius 1 is 1.00 bits per heavy atom. The van der Waals surface area contributed by atoms with Crippen LogP contribution in [0.15, 0.2) is 60.3 Å². The molecule has 2 rings (SSSR count). The summed E-state index contributed by atoms with van der Waals surface area (Å²) < 4.78 is 13.0. The number of nitrogens with zero attached hydrogens (tertiary/aromatic N) is 2. The van der Waals surface area contributed by atoms with Gasteiger partial charge in [0, 0.05) is 17.5 Å². The number of benzene rings is 2. The molecule has 0 atom stereocenters. The molecule has 20 heavy (non-hydrogen) atoms. The zero-order valence-electron chi connectivity index (χ0n) is 10.5. The van der Waals surface area contributed by atoms with Gasteiger partial charge in [0.05, 0.1) is 0 Å². The summed E-state index contributed by atoms with van der Waals surface area (Å²) in [5.74, 6) is -0.296. The van der Waals surface area contributed by atoms with Gasteiger partial charge in [-0.05, 0) is 23.8 Å². The van der Waals surface area contributed by atoms with Gasteiger partial charge < -0.3 is 5.32 Å². The number of rotatable bonds is 3. The molecule has 0 saturated carbocycles. The molecule has 0 unspecified atom stereocenters. The summed E-state index contributed by atoms with van der Waals surface area (Å²) in [5, 5.41) is 20.3. The number of anilines is 1. The first-order valence-electron chi connectivity index (χ1n) is 5.86. The standard InChI is InChI=1S/C16H10FN3/c17-14-7-5-13(6-8-14)15-3-1-2-4-16(15)20-11-12(9-18)10-19/h1-8,11,20H. The molecule has 0 bridgehead atoms. The molecule has 96 valence electrons. The smallest absolute Gasteiger partial charge is 0.145 e. The van der Waals surface area contributed by atoms with Crippen molar-refractivity contribution in [2.75, 3.05) is 5.32 Å². The van der Waals surface area contributed by atoms with Crippen LogP contribution in [0.4, 0.5) is 10.1 Å². The number of allylic oxidation sites excluding steroid dienone is 1. The van der Waals surface area contributed by atoms with E-state index < -0.39 is 0 Å². The minimum atomic E-state index is -0.296. The highest BCUT2D eigenvalue weighted by Crippen LogP contribution is 2.28. The summed E-state index contributed by atoms with van der Waals surface area (Å²) in [7, 11) is 0. The van der Waals surface area contributed by atoms with Crippen LogP contribution in [0.1, 0.15) is 0 Å². The van der Waals surface area contributed by atoms with Crippen LogP contribution < -0.4 is 5.32 Å². The quantitative estimate of drug-likeness (QED) is 0.856. The van der Waals surface area contributed by atoms with Crippen LogP contribution in [0.25, 0.3) is 11.1 Å². The van der Waals surface area contributed by atoms with Crippen LogP contribution in [-0.4, -0.2) is 0 Å². The van der Waals surface area contributed by atoms with Gasteiger partial charge in [-0.15, -0.1) is 0 Å². The first kappa shape index (κ1) is 13.3. The van der Waals surface area contributed by atoms with Crippen molar-refractivity contribution in [2.24, 2.45) is 0 Å². The van der Waals surface area contributed by atoms with Crippen LogP contribution in [0, 0.1) is 28.5 Å². The number of nitriles is 2. The number of hydrogen-bond donors (Lipinski definition) is 1. The molecule has 2 aromatic carbocycles. The van der Waals surface area contributed by atoms with Gasteiger partial charge in [0.15, 0.2) is 0 Å². The topological polar surface area (TPSA) is 59.6 Å². The Morgan fingerprint density at radius 3 is 2.30 bits per heavy atom. The number of halogens is 1. The molecule has 1 N–H and O–H groups in total. The molecule has 0 fully saturated rings. The van der Waals surface area contributed by atoms with E-state index >= 15 is 0 Å². The number of hydrogen-bond acceptors (Lipinski definition) is 3. The summed E-state index contributed by atoms with van der Waals surface area (Å²) >= 11 is 0. The van der Waals surface area contributed by atoms with E-state index in [0.717, 1.165) is 16.8 Å². The molecular weight excluding hydrogens is 253 g/mol. The highest BCUT2D eigenvalue weighted by molar-refractivity contribution is 5.78. The van der Waals surface area contributed by atoms with Gasteiger partial charge in [-0.25, -0.2) is 4.39 Å². The summed E-state index contributed by atoms with van der Waals surface area (Å²) in [6.45, 7) is 0. The lowest BCUT2D eigenvalue weighted by atomic mass is 10.0. The fourth-order valence-electron chi connectivity index (χ4n) is 1.73. The van der Waals surface area contributed by atoms with E-state index in [0.29, 0.717) is 0 Å². The Labute approximate surface area is 116 Å². The molecule has 0 spiro atoms. The maximum Gasteiger partial charge on any atom is 0.145 e. The summed E-state index contributed by atoms with van der Waals surface area (Å²) in [6.07, 6.45) is 1.35. The molecule has 0 saturated heterocycles. The Balaban J connectivity index is 2.37. The molecule has 0 aliphatic carbocycles. The molecule has 4 heteroatoms. The Hall–Kier alpha value is -3.11. The third kappa shape index (κ3) is 3.01. The fourth-order valence-corrected chi connectivity index (χ4v) is 1.73. The van der Waals surface area contributed by atoms with Crippen LogP contribution in [-0.2, 0) is 0 Å². The van der Waals surface area contributed by atoms with Crippen molar-refractivity contribution < 1.29 is 4.39 Å². The minimum absolute atomic E-state index is 0.0149. The molecule has 0 aliphatic heterocycles. The highest BCUT2D eigenvalue weighted by Gasteiger charge is 2.04. The third-order valence-corrected chi connectivity index (χ3v) is 2.70. The largest absolute Gasteiger partial charge is 0.359 e. The van der Waals surface area contributed by atoms with Gasteiger partial charge >= 0.3 is 0 Å². The van der Waals surface area contributed by atoms with Crippen LogP contribution in [0.3, 0.4) is 0 Å². The van der Waals surface area contributed by atoms with Crippen molar-refractivity contribution in [1.29, 1.82) is 10.5 Å². The van der Waals surface area contributed by atoms with E-state index in [9.17, 15) is 4.39 Å². The third-order valence-electron chi connectivity index (χ3n) is 2.70. The monoisotopic (exact) mass is 263 g/mol. The van der Waals surface area contributed by atoms with Gasteiger partial charge in [-0.3, -0.25) is 0 Å². The Kier molecular flexibility index (Phi) is 4.11. The second-order valence-electron chi connectivity index (χ2n) is 3.98. The van der Waals surface area contributed by atoms with Gasteiger partial charge in [0.25, 0.3) is 0 Å². The van der Waals surface area contributed by atoms with Crippen molar-refractivity contribution in [3.05, 3.63) is 66.1 Å². The molecule has 0 radical (unpaired) electrons. The van der Waals surface area contributed by atoms with Crippen LogP contribution >= 0.6 is 0 Å². The van der Waals surface area contributed by atoms with E-state index in [1.54, 1.807) is 24.3 Å². The van der Waals surface area contributed by atoms with Crippen LogP contribution in [0.5, 0.6) is 0 Å². The Morgan fingerprint density at radius 2 is 1.65 bits per heavy atom. The van der Waals surface area contributed by atoms with Gasteiger partial charge in [-0.2, -0.15) is 10.5 Å². The maximum atomic E-state index is 13.0. The molecule has 0 aromatic heterocycles. The van der Waals surface area contributed by atoms with Crippen molar-refractivity contribution in [2.45, 2.75) is 0 Å². The fraction of sp³-hybridized carbons (Fsp3) is 0. The highest BCUT2D eigenvalue weighted by atomic mass is 19.1. The first-order chi connectivity index (χ1) is 9.74. The van der Waals surface area contributed by atoms with Crippen molar-refractivity contribution >= 4 is 5.69 Å². The van der Waals surface area contributed by atoms with Crippen molar-refractivity contribution in [1.82, 2.24) is 0 Å². The molecule has 0 amide bonds. The second kappa shape index (κ2) is 6.17. The average Bonchev–Trinajstić information content (AvgIpc) is 2.50. The molecule has 0 aliphatic rings. The maximum absolute atomic E-state index is 13.0. The predicted molar refractivity (Wildman–Crippen MR) is 74.8 cm³/mol. The predicted octanol–water partition coefficient (Wildman–Crippen LogP) is 3.84. The van der Waals surface area contributed by atoms with Crippen LogP contribution in [0.2, 0.25) is 0 Å². The van der Waals surface area contributed by atoms with Crippen molar-refractivity contribution in [3.8, 4) is 23.3 Å². The average molecular weight is 263 g/mol. The summed E-state index contributed by atoms with van der Waals surface area (Å²) in [5.41, 5.74) is 2.43. The van der Waals surface area contributed by atoms with Crippen molar-refractivity contribution in [3.63, 3.8) is 0 Å². The lowest BCUT2D eigenvalue weighted by Crippen LogP contribution is -1.93. The Bertz CT molecular complexity index is 703. The minimum Gasteiger partial charge on any atom is -0.359 e. The number of para-hydroxylation sites is 1. The molecule has 2 aromatic rings. The van der Waals surface area contributed by atoms with E-state index in [2.05, 4.69) is 5.32 Å². The van der Waals surface area contributed by atoms with E-state index in [4.69, 9.17) is 10.5 Å². The SMILES string of the molecule is N#CC(C#N)=CNc1ccccc1-c1ccc(F)cc1. The normalized spacial score (nSPS) is 9.15. The molecule has 3 nitrogen and oxygen atoms in total. The lowest BCUT2D eigenvalue weighted by molar-refractivity contribution is 0.628. The first-order valence-corrected chi connectivity index (χ1v) is 5.86. The zero-order chi connectivity index (χ0) is 14.4. The zero-order valence-corrected chi connectivity index (χ0v) is 10.5. The lowest BCUT2D eigenvalue weighted by Gasteiger charge is -2.09. The van der Waals surface area contributed by atoms with Gasteiger partial charge in [0.2, 0.25) is 0 Å². The second-order valence-corrected chi connectivity index (χ2v) is 3.98. The molecular formula is C16H10FN3. The summed E-state index contributed by atoms with van der Waals surface area (Å²) in [6, 6.07) is 17.1. The summed E-state index contributed by atoms with van der Waals surface area (Å²) in [4.78, 5) is 0. The van der Waals surface area contributed by atoms with E-state index in [1.807, 2.05) is 24.3 Å². The van der Waals surface area contributed by atoms with Gasteiger partial charge in [-0.1, -0.05) is 30.3 Å². The van der Waals surface area contributed by atoms with E-state index in [-0.39, 0.29) is 11.4 Å². The molecule has 0 heterocycles. The van der Waals surface area contributed by atoms with Gasteiger partial charge in [0.1, 0.15) is 23.5 Å². The number of nitrogens with one attached hydrogen (secondary N) is 1. The van der Waals surface area contributed by atoms with E-state index in [1.165, 1.54) is 18.3 Å².